The van der Waals surface area contributed by atoms with Crippen LogP contribution >= 0.6 is 0 Å². The topological polar surface area (TPSA) is 50.9 Å². The van der Waals surface area contributed by atoms with E-state index >= 15 is 0 Å². The number of phenols is 1. The van der Waals surface area contributed by atoms with Crippen LogP contribution in [0.4, 0.5) is 0 Å². The van der Waals surface area contributed by atoms with Crippen molar-refractivity contribution in [3.63, 3.8) is 0 Å². The molecule has 0 saturated carbocycles. The molecule has 0 aliphatic carbocycles. The van der Waals surface area contributed by atoms with Crippen molar-refractivity contribution in [2.75, 3.05) is 0 Å². The minimum atomic E-state index is -3.37. The van der Waals surface area contributed by atoms with Crippen molar-refractivity contribution in [2.24, 2.45) is 0 Å². The molecule has 5 heteroatoms. The van der Waals surface area contributed by atoms with Crippen LogP contribution in [0.15, 0.2) is 134 Å². The first-order valence-electron chi connectivity index (χ1n) is 27.2. The summed E-state index contributed by atoms with van der Waals surface area (Å²) in [6.45, 7) is 11.6. The molecule has 0 aliphatic heterocycles. The van der Waals surface area contributed by atoms with Crippen molar-refractivity contribution < 1.29 is 38.5 Å². The van der Waals surface area contributed by atoms with E-state index in [2.05, 4.69) is 159 Å². The standard InChI is InChI=1S/C61H66N3O.Pt/c1-14-61(12,13)47-27-28-54(51(37-47)41-19-16-15-17-20-41)64-55-22-18-21-49(56(55)63-58(64)52-35-43(38(2)3)34-50(39(4)5)57(52)65)44-31-45(33-48(32-44)60(9,10)11)53-36-42(29-30-62-53)40-23-25-46(26-24-40)59(6,7)8;/h15-30,32-39,65H,14H2,1-13H3;/q-1;/i6D3,7D3,8D3;. The fourth-order valence-corrected chi connectivity index (χ4v) is 8.53. The summed E-state index contributed by atoms with van der Waals surface area (Å²) >= 11 is 0. The number of pyridine rings is 1. The van der Waals surface area contributed by atoms with Gasteiger partial charge in [0, 0.05) is 50.9 Å². The summed E-state index contributed by atoms with van der Waals surface area (Å²) in [7, 11) is 0. The van der Waals surface area contributed by atoms with Gasteiger partial charge in [0.2, 0.25) is 0 Å². The third-order valence-corrected chi connectivity index (χ3v) is 13.1. The number of para-hydroxylation sites is 1. The van der Waals surface area contributed by atoms with Crippen LogP contribution in [0, 0.1) is 6.07 Å². The molecular weight excluding hydrogens is 986 g/mol. The minimum Gasteiger partial charge on any atom is -0.507 e. The van der Waals surface area contributed by atoms with Gasteiger partial charge in [-0.05, 0) is 104 Å². The van der Waals surface area contributed by atoms with Gasteiger partial charge in [0.05, 0.1) is 22.3 Å². The Labute approximate surface area is 421 Å². The molecule has 0 unspecified atom stereocenters. The molecule has 0 atom stereocenters. The molecule has 4 nitrogen and oxygen atoms in total. The maximum atomic E-state index is 12.4. The van der Waals surface area contributed by atoms with Crippen LogP contribution < -0.4 is 0 Å². The van der Waals surface area contributed by atoms with E-state index in [0.29, 0.717) is 33.8 Å². The number of rotatable bonds is 10. The van der Waals surface area contributed by atoms with Gasteiger partial charge in [-0.25, -0.2) is 4.98 Å². The van der Waals surface area contributed by atoms with Crippen molar-refractivity contribution >= 4 is 11.0 Å². The summed E-state index contributed by atoms with van der Waals surface area (Å²) in [5, 5.41) is 12.4. The van der Waals surface area contributed by atoms with Crippen molar-refractivity contribution in [1.82, 2.24) is 14.5 Å². The predicted molar refractivity (Wildman–Crippen MR) is 275 cm³/mol. The molecule has 6 aromatic carbocycles. The number of aromatic nitrogens is 3. The zero-order chi connectivity index (χ0) is 54.1. The molecule has 342 valence electrons. The molecule has 2 aromatic heterocycles. The fourth-order valence-electron chi connectivity index (χ4n) is 8.53. The first-order valence-corrected chi connectivity index (χ1v) is 22.7. The van der Waals surface area contributed by atoms with Gasteiger partial charge in [0.1, 0.15) is 11.6 Å². The number of hydrogen-bond acceptors (Lipinski definition) is 3. The number of nitrogens with zero attached hydrogens (tertiary/aromatic N) is 3. The van der Waals surface area contributed by atoms with Crippen molar-refractivity contribution in [3.05, 3.63) is 167 Å². The summed E-state index contributed by atoms with van der Waals surface area (Å²) in [6.07, 6.45) is 2.62. The molecule has 0 saturated heterocycles. The summed E-state index contributed by atoms with van der Waals surface area (Å²) in [6, 6.07) is 44.9. The fraction of sp³-hybridized carbons (Fsp3) is 0.311. The summed E-state index contributed by atoms with van der Waals surface area (Å²) in [5.74, 6) is 1.03. The van der Waals surface area contributed by atoms with Gasteiger partial charge in [-0.3, -0.25) is 9.55 Å². The normalized spacial score (nSPS) is 14.9. The van der Waals surface area contributed by atoms with Crippen LogP contribution in [0.1, 0.15) is 148 Å². The molecule has 0 amide bonds. The zero-order valence-corrected chi connectivity index (χ0v) is 41.9. The number of aromatic hydroxyl groups is 1. The van der Waals surface area contributed by atoms with Crippen molar-refractivity contribution in [2.45, 2.75) is 124 Å². The van der Waals surface area contributed by atoms with E-state index in [4.69, 9.17) is 22.3 Å². The van der Waals surface area contributed by atoms with Crippen molar-refractivity contribution in [3.8, 4) is 67.5 Å². The number of fused-ring (bicyclic) bond motifs is 1. The number of imidazole rings is 1. The molecule has 8 aromatic rings. The third-order valence-electron chi connectivity index (χ3n) is 13.1. The number of phenolic OH excluding ortho intramolecular Hbond substituents is 1. The second-order valence-electron chi connectivity index (χ2n) is 19.8. The smallest absolute Gasteiger partial charge is 0.148 e. The number of hydrogen-bond donors (Lipinski definition) is 1. The average molecular weight is 1060 g/mol. The molecule has 1 N–H and O–H groups in total. The Kier molecular flexibility index (Phi) is 10.6. The molecule has 0 aliphatic rings. The summed E-state index contributed by atoms with van der Waals surface area (Å²) < 4.78 is 76.1. The van der Waals surface area contributed by atoms with Gasteiger partial charge >= 0.3 is 0 Å². The molecule has 0 bridgehead atoms. The van der Waals surface area contributed by atoms with Crippen LogP contribution in [0.2, 0.25) is 0 Å². The minimum absolute atomic E-state index is 0. The van der Waals surface area contributed by atoms with E-state index in [0.717, 1.165) is 62.1 Å². The maximum Gasteiger partial charge on any atom is 0.148 e. The van der Waals surface area contributed by atoms with Crippen LogP contribution in [0.3, 0.4) is 0 Å². The maximum absolute atomic E-state index is 12.4. The van der Waals surface area contributed by atoms with Crippen LogP contribution in [-0.2, 0) is 37.3 Å². The Morgan fingerprint density at radius 2 is 1.33 bits per heavy atom. The van der Waals surface area contributed by atoms with Gasteiger partial charge in [-0.2, -0.15) is 0 Å². The van der Waals surface area contributed by atoms with Gasteiger partial charge in [0.15, 0.2) is 0 Å². The predicted octanol–water partition coefficient (Wildman–Crippen LogP) is 16.8. The molecular formula is C61H66N3OPt-. The molecule has 0 spiro atoms. The van der Waals surface area contributed by atoms with Crippen LogP contribution in [0.25, 0.3) is 72.7 Å². The monoisotopic (exact) mass is 1060 g/mol. The number of benzene rings is 6. The van der Waals surface area contributed by atoms with E-state index in [9.17, 15) is 5.11 Å². The molecule has 0 fully saturated rings. The van der Waals surface area contributed by atoms with E-state index < -0.39 is 26.0 Å². The first kappa shape index (κ1) is 37.5. The van der Waals surface area contributed by atoms with E-state index in [1.807, 2.05) is 18.2 Å². The van der Waals surface area contributed by atoms with Crippen molar-refractivity contribution in [1.29, 1.82) is 0 Å². The first-order chi connectivity index (χ1) is 34.5. The second kappa shape index (κ2) is 18.6. The quantitative estimate of drug-likeness (QED) is 0.139. The summed E-state index contributed by atoms with van der Waals surface area (Å²) in [5.41, 5.74) is 9.79. The Hall–Kier alpha value is -5.57. The van der Waals surface area contributed by atoms with Gasteiger partial charge in [-0.15, -0.1) is 29.3 Å². The Balaban J connectivity index is 0.00000820. The Morgan fingerprint density at radius 1 is 0.636 bits per heavy atom. The molecule has 66 heavy (non-hydrogen) atoms. The molecule has 0 radical (unpaired) electrons. The Morgan fingerprint density at radius 3 is 1.98 bits per heavy atom. The molecule has 2 heterocycles. The summed E-state index contributed by atoms with van der Waals surface area (Å²) in [4.78, 5) is 10.4. The second-order valence-corrected chi connectivity index (χ2v) is 19.8. The van der Waals surface area contributed by atoms with Gasteiger partial charge < -0.3 is 5.11 Å². The van der Waals surface area contributed by atoms with Crippen LogP contribution in [-0.4, -0.2) is 19.6 Å². The van der Waals surface area contributed by atoms with E-state index in [1.54, 1.807) is 24.4 Å². The van der Waals surface area contributed by atoms with Crippen LogP contribution in [0.5, 0.6) is 5.75 Å². The van der Waals surface area contributed by atoms with E-state index in [1.165, 1.54) is 17.7 Å². The largest absolute Gasteiger partial charge is 0.507 e. The third kappa shape index (κ3) is 9.50. The average Bonchev–Trinajstić information content (AvgIpc) is 3.72. The molecule has 8 rings (SSSR count). The zero-order valence-electron chi connectivity index (χ0n) is 48.7. The Bertz CT molecular complexity index is 3330. The van der Waals surface area contributed by atoms with E-state index in [-0.39, 0.29) is 55.0 Å². The SMILES string of the molecule is [2H]C([2H])([2H])C(c1ccc(-c2ccnc(-c3[c-]c(-c4cccc5c4nc(-c4cc(C(C)C)cc(C(C)C)c4O)n5-c4ccc(C(C)(C)CC)cc4-c4ccccc4)cc(C(C)(C)C)c3)c2)cc1)(C([2H])([2H])[2H])C([2H])([2H])[2H].[Pt]. The van der Waals surface area contributed by atoms with Gasteiger partial charge in [-0.1, -0.05) is 186 Å². The van der Waals surface area contributed by atoms with Gasteiger partial charge in [0.25, 0.3) is 0 Å².